The Labute approximate surface area is 101 Å². The molecule has 0 aliphatic heterocycles. The van der Waals surface area contributed by atoms with Gasteiger partial charge in [-0.25, -0.2) is 4.98 Å². The molecule has 0 unspecified atom stereocenters. The van der Waals surface area contributed by atoms with E-state index in [2.05, 4.69) is 31.2 Å². The van der Waals surface area contributed by atoms with Crippen molar-refractivity contribution in [1.29, 1.82) is 0 Å². The fourth-order valence-electron chi connectivity index (χ4n) is 1.23. The molecule has 0 aliphatic rings. The summed E-state index contributed by atoms with van der Waals surface area (Å²) in [5.74, 6) is 0. The lowest BCUT2D eigenvalue weighted by molar-refractivity contribution is 0.829. The van der Waals surface area contributed by atoms with Gasteiger partial charge in [0, 0.05) is 40.0 Å². The maximum absolute atomic E-state index is 4.36. The molecular weight excluding hydrogens is 274 g/mol. The van der Waals surface area contributed by atoms with Gasteiger partial charge in [0.15, 0.2) is 0 Å². The highest BCUT2D eigenvalue weighted by Crippen LogP contribution is 2.26. The first kappa shape index (κ1) is 10.7. The van der Waals surface area contributed by atoms with E-state index in [0.29, 0.717) is 0 Å². The standard InChI is InChI=1S/C10H10BrN3S/c1-12-5-9-6-14-10(15-9)7-2-8(11)4-13-3-7/h2-4,6,12H,5H2,1H3. The van der Waals surface area contributed by atoms with Crippen molar-refractivity contribution >= 4 is 27.3 Å². The molecule has 0 bridgehead atoms. The van der Waals surface area contributed by atoms with E-state index in [4.69, 9.17) is 0 Å². The SMILES string of the molecule is CNCc1cnc(-c2cncc(Br)c2)s1. The molecule has 5 heteroatoms. The van der Waals surface area contributed by atoms with Gasteiger partial charge in [0.05, 0.1) is 0 Å². The summed E-state index contributed by atoms with van der Waals surface area (Å²) >= 11 is 5.08. The van der Waals surface area contributed by atoms with Gasteiger partial charge in [-0.2, -0.15) is 0 Å². The van der Waals surface area contributed by atoms with Gasteiger partial charge in [-0.3, -0.25) is 4.98 Å². The number of rotatable bonds is 3. The number of nitrogens with one attached hydrogen (secondary N) is 1. The Bertz CT molecular complexity index is 455. The van der Waals surface area contributed by atoms with E-state index in [0.717, 1.165) is 21.6 Å². The molecule has 0 spiro atoms. The van der Waals surface area contributed by atoms with Crippen LogP contribution in [0.4, 0.5) is 0 Å². The van der Waals surface area contributed by atoms with E-state index in [1.807, 2.05) is 25.5 Å². The predicted octanol–water partition coefficient (Wildman–Crippen LogP) is 2.69. The second-order valence-corrected chi connectivity index (χ2v) is 5.08. The van der Waals surface area contributed by atoms with Gasteiger partial charge in [0.1, 0.15) is 5.01 Å². The normalized spacial score (nSPS) is 10.5. The number of hydrogen-bond acceptors (Lipinski definition) is 4. The average molecular weight is 284 g/mol. The predicted molar refractivity (Wildman–Crippen MR) is 65.8 cm³/mol. The zero-order valence-corrected chi connectivity index (χ0v) is 10.6. The first-order chi connectivity index (χ1) is 7.29. The first-order valence-corrected chi connectivity index (χ1v) is 6.11. The average Bonchev–Trinajstić information content (AvgIpc) is 2.67. The topological polar surface area (TPSA) is 37.8 Å². The Balaban J connectivity index is 2.29. The third-order valence-corrected chi connectivity index (χ3v) is 3.34. The largest absolute Gasteiger partial charge is 0.315 e. The van der Waals surface area contributed by atoms with Crippen molar-refractivity contribution in [3.63, 3.8) is 0 Å². The van der Waals surface area contributed by atoms with E-state index in [-0.39, 0.29) is 0 Å². The fraction of sp³-hybridized carbons (Fsp3) is 0.200. The van der Waals surface area contributed by atoms with Crippen LogP contribution in [0.1, 0.15) is 4.88 Å². The van der Waals surface area contributed by atoms with Crippen molar-refractivity contribution < 1.29 is 0 Å². The van der Waals surface area contributed by atoms with Gasteiger partial charge in [0.2, 0.25) is 0 Å². The van der Waals surface area contributed by atoms with E-state index < -0.39 is 0 Å². The Kier molecular flexibility index (Phi) is 3.45. The molecule has 0 aliphatic carbocycles. The maximum Gasteiger partial charge on any atom is 0.125 e. The Hall–Kier alpha value is -0.780. The lowest BCUT2D eigenvalue weighted by Crippen LogP contribution is -2.02. The van der Waals surface area contributed by atoms with Crippen LogP contribution < -0.4 is 5.32 Å². The molecule has 3 nitrogen and oxygen atoms in total. The molecule has 0 saturated heterocycles. The molecule has 0 saturated carbocycles. The first-order valence-electron chi connectivity index (χ1n) is 4.50. The minimum atomic E-state index is 0.860. The molecule has 0 aromatic carbocycles. The summed E-state index contributed by atoms with van der Waals surface area (Å²) in [4.78, 5) is 9.71. The minimum Gasteiger partial charge on any atom is -0.315 e. The molecule has 15 heavy (non-hydrogen) atoms. The number of aromatic nitrogens is 2. The number of pyridine rings is 1. The van der Waals surface area contributed by atoms with Crippen molar-refractivity contribution in [3.05, 3.63) is 34.0 Å². The van der Waals surface area contributed by atoms with Crippen LogP contribution in [0.5, 0.6) is 0 Å². The highest BCUT2D eigenvalue weighted by atomic mass is 79.9. The van der Waals surface area contributed by atoms with Gasteiger partial charge in [-0.15, -0.1) is 11.3 Å². The van der Waals surface area contributed by atoms with Gasteiger partial charge in [0.25, 0.3) is 0 Å². The summed E-state index contributed by atoms with van der Waals surface area (Å²) in [6.07, 6.45) is 5.50. The third-order valence-electron chi connectivity index (χ3n) is 1.86. The van der Waals surface area contributed by atoms with Gasteiger partial charge in [-0.05, 0) is 29.0 Å². The van der Waals surface area contributed by atoms with Gasteiger partial charge in [-0.1, -0.05) is 0 Å². The van der Waals surface area contributed by atoms with Crippen LogP contribution in [-0.2, 0) is 6.54 Å². The molecule has 2 aromatic heterocycles. The molecule has 2 aromatic rings. The van der Waals surface area contributed by atoms with Crippen LogP contribution in [0.25, 0.3) is 10.6 Å². The summed E-state index contributed by atoms with van der Waals surface area (Å²) in [7, 11) is 1.93. The number of thiazole rings is 1. The van der Waals surface area contributed by atoms with E-state index in [9.17, 15) is 0 Å². The second kappa shape index (κ2) is 4.83. The molecule has 2 rings (SSSR count). The van der Waals surface area contributed by atoms with Gasteiger partial charge >= 0.3 is 0 Å². The lowest BCUT2D eigenvalue weighted by Gasteiger charge is -1.95. The maximum atomic E-state index is 4.36. The highest BCUT2D eigenvalue weighted by molar-refractivity contribution is 9.10. The number of halogens is 1. The van der Waals surface area contributed by atoms with Crippen LogP contribution in [0, 0.1) is 0 Å². The smallest absolute Gasteiger partial charge is 0.125 e. The van der Waals surface area contributed by atoms with Crippen molar-refractivity contribution in [2.45, 2.75) is 6.54 Å². The third kappa shape index (κ3) is 2.62. The van der Waals surface area contributed by atoms with Gasteiger partial charge < -0.3 is 5.32 Å². The summed E-state index contributed by atoms with van der Waals surface area (Å²) in [5, 5.41) is 4.11. The van der Waals surface area contributed by atoms with Crippen LogP contribution in [0.2, 0.25) is 0 Å². The zero-order valence-electron chi connectivity index (χ0n) is 8.20. The van der Waals surface area contributed by atoms with E-state index in [1.54, 1.807) is 17.5 Å². The molecular formula is C10H10BrN3S. The Morgan fingerprint density at radius 2 is 2.27 bits per heavy atom. The highest BCUT2D eigenvalue weighted by Gasteiger charge is 2.04. The van der Waals surface area contributed by atoms with Crippen LogP contribution in [-0.4, -0.2) is 17.0 Å². The molecule has 78 valence electrons. The minimum absolute atomic E-state index is 0.860. The second-order valence-electron chi connectivity index (χ2n) is 3.05. The van der Waals surface area contributed by atoms with Crippen molar-refractivity contribution in [1.82, 2.24) is 15.3 Å². The summed E-state index contributed by atoms with van der Waals surface area (Å²) in [6.45, 7) is 0.860. The fourth-order valence-corrected chi connectivity index (χ4v) is 2.50. The number of hydrogen-bond donors (Lipinski definition) is 1. The monoisotopic (exact) mass is 283 g/mol. The summed E-state index contributed by atoms with van der Waals surface area (Å²) < 4.78 is 0.977. The molecule has 1 N–H and O–H groups in total. The molecule has 0 radical (unpaired) electrons. The molecule has 2 heterocycles. The Morgan fingerprint density at radius 1 is 1.40 bits per heavy atom. The Morgan fingerprint density at radius 3 is 3.00 bits per heavy atom. The molecule has 0 atom stereocenters. The summed E-state index contributed by atoms with van der Waals surface area (Å²) in [5.41, 5.74) is 1.05. The lowest BCUT2D eigenvalue weighted by atomic mass is 10.3. The van der Waals surface area contributed by atoms with Crippen molar-refractivity contribution in [2.24, 2.45) is 0 Å². The molecule has 0 amide bonds. The van der Waals surface area contributed by atoms with E-state index >= 15 is 0 Å². The van der Waals surface area contributed by atoms with Crippen LogP contribution in [0.3, 0.4) is 0 Å². The summed E-state index contributed by atoms with van der Waals surface area (Å²) in [6, 6.07) is 2.02. The zero-order chi connectivity index (χ0) is 10.7. The molecule has 0 fully saturated rings. The van der Waals surface area contributed by atoms with Crippen LogP contribution in [0.15, 0.2) is 29.1 Å². The number of nitrogens with zero attached hydrogens (tertiary/aromatic N) is 2. The quantitative estimate of drug-likeness (QED) is 0.941. The van der Waals surface area contributed by atoms with Crippen LogP contribution >= 0.6 is 27.3 Å². The van der Waals surface area contributed by atoms with Crippen molar-refractivity contribution in [2.75, 3.05) is 7.05 Å². The van der Waals surface area contributed by atoms with E-state index in [1.165, 1.54) is 4.88 Å². The van der Waals surface area contributed by atoms with Crippen molar-refractivity contribution in [3.8, 4) is 10.6 Å².